The van der Waals surface area contributed by atoms with Gasteiger partial charge in [0.25, 0.3) is 0 Å². The SMILES string of the molecule is Cc1cc(C)n(-c2ccccc2NC(=O)N(C)[C@@H](C)c2ccc(S(N)(=O)=O)cc2)n1. The number of anilines is 1. The number of carbonyl (C=O) groups excluding carboxylic acids is 1. The van der Waals surface area contributed by atoms with E-state index < -0.39 is 10.0 Å². The molecule has 0 saturated carbocycles. The minimum absolute atomic E-state index is 0.0318. The number of rotatable bonds is 5. The maximum absolute atomic E-state index is 12.9. The van der Waals surface area contributed by atoms with Crippen molar-refractivity contribution < 1.29 is 13.2 Å². The van der Waals surface area contributed by atoms with Gasteiger partial charge in [0, 0.05) is 12.7 Å². The summed E-state index contributed by atoms with van der Waals surface area (Å²) in [5.41, 5.74) is 4.05. The van der Waals surface area contributed by atoms with Gasteiger partial charge in [-0.2, -0.15) is 5.10 Å². The second-order valence-electron chi connectivity index (χ2n) is 7.19. The summed E-state index contributed by atoms with van der Waals surface area (Å²) in [4.78, 5) is 14.5. The number of nitrogens with zero attached hydrogens (tertiary/aromatic N) is 3. The van der Waals surface area contributed by atoms with Crippen LogP contribution in [0.3, 0.4) is 0 Å². The molecule has 9 heteroatoms. The number of nitrogens with one attached hydrogen (secondary N) is 1. The normalized spacial score (nSPS) is 12.4. The molecule has 8 nitrogen and oxygen atoms in total. The van der Waals surface area contributed by atoms with E-state index in [0.717, 1.165) is 22.6 Å². The van der Waals surface area contributed by atoms with E-state index in [0.29, 0.717) is 5.69 Å². The van der Waals surface area contributed by atoms with Crippen molar-refractivity contribution in [1.82, 2.24) is 14.7 Å². The minimum Gasteiger partial charge on any atom is -0.321 e. The van der Waals surface area contributed by atoms with E-state index in [-0.39, 0.29) is 17.0 Å². The Labute approximate surface area is 176 Å². The topological polar surface area (TPSA) is 110 Å². The third-order valence-corrected chi connectivity index (χ3v) is 5.90. The fraction of sp³-hybridized carbons (Fsp3) is 0.238. The summed E-state index contributed by atoms with van der Waals surface area (Å²) in [6.45, 7) is 5.73. The first-order chi connectivity index (χ1) is 14.1. The number of urea groups is 1. The van der Waals surface area contributed by atoms with Gasteiger partial charge in [0.2, 0.25) is 10.0 Å². The molecule has 0 aliphatic heterocycles. The zero-order chi connectivity index (χ0) is 22.1. The highest BCUT2D eigenvalue weighted by Gasteiger charge is 2.20. The van der Waals surface area contributed by atoms with Gasteiger partial charge >= 0.3 is 6.03 Å². The molecule has 1 aromatic heterocycles. The van der Waals surface area contributed by atoms with E-state index in [1.54, 1.807) is 28.8 Å². The fourth-order valence-electron chi connectivity index (χ4n) is 3.18. The Morgan fingerprint density at radius 1 is 1.13 bits per heavy atom. The number of hydrogen-bond acceptors (Lipinski definition) is 4. The van der Waals surface area contributed by atoms with Crippen molar-refractivity contribution in [2.75, 3.05) is 12.4 Å². The Hall–Kier alpha value is -3.17. The van der Waals surface area contributed by atoms with Crippen molar-refractivity contribution in [3.05, 3.63) is 71.5 Å². The molecule has 0 saturated heterocycles. The molecule has 3 N–H and O–H groups in total. The number of amides is 2. The number of primary sulfonamides is 1. The van der Waals surface area contributed by atoms with Crippen LogP contribution in [-0.4, -0.2) is 36.2 Å². The molecular weight excluding hydrogens is 402 g/mol. The molecule has 0 radical (unpaired) electrons. The second-order valence-corrected chi connectivity index (χ2v) is 8.75. The molecule has 0 fully saturated rings. The summed E-state index contributed by atoms with van der Waals surface area (Å²) >= 11 is 0. The van der Waals surface area contributed by atoms with Crippen LogP contribution in [0.2, 0.25) is 0 Å². The average Bonchev–Trinajstić information content (AvgIpc) is 3.04. The maximum Gasteiger partial charge on any atom is 0.322 e. The zero-order valence-electron chi connectivity index (χ0n) is 17.3. The lowest BCUT2D eigenvalue weighted by atomic mass is 10.1. The lowest BCUT2D eigenvalue weighted by molar-refractivity contribution is 0.208. The smallest absolute Gasteiger partial charge is 0.321 e. The van der Waals surface area contributed by atoms with E-state index >= 15 is 0 Å². The van der Waals surface area contributed by atoms with Crippen LogP contribution in [0.5, 0.6) is 0 Å². The number of aryl methyl sites for hydroxylation is 2. The highest BCUT2D eigenvalue weighted by Crippen LogP contribution is 2.24. The predicted octanol–water partition coefficient (Wildman–Crippen LogP) is 3.36. The molecule has 0 bridgehead atoms. The van der Waals surface area contributed by atoms with Crippen LogP contribution >= 0.6 is 0 Å². The first-order valence-electron chi connectivity index (χ1n) is 9.37. The summed E-state index contributed by atoms with van der Waals surface area (Å²) in [6, 6.07) is 15.0. The Kier molecular flexibility index (Phi) is 5.95. The van der Waals surface area contributed by atoms with Gasteiger partial charge in [0.15, 0.2) is 0 Å². The lowest BCUT2D eigenvalue weighted by Crippen LogP contribution is -2.34. The summed E-state index contributed by atoms with van der Waals surface area (Å²) in [6.07, 6.45) is 0. The van der Waals surface area contributed by atoms with Crippen LogP contribution < -0.4 is 10.5 Å². The number of aromatic nitrogens is 2. The summed E-state index contributed by atoms with van der Waals surface area (Å²) in [7, 11) is -2.08. The van der Waals surface area contributed by atoms with Gasteiger partial charge < -0.3 is 10.2 Å². The van der Waals surface area contributed by atoms with E-state index in [2.05, 4.69) is 10.4 Å². The summed E-state index contributed by atoms with van der Waals surface area (Å²) in [5.74, 6) is 0. The van der Waals surface area contributed by atoms with Gasteiger partial charge in [-0.3, -0.25) is 0 Å². The largest absolute Gasteiger partial charge is 0.322 e. The Bertz CT molecular complexity index is 1170. The third-order valence-electron chi connectivity index (χ3n) is 4.98. The molecule has 1 heterocycles. The van der Waals surface area contributed by atoms with E-state index in [9.17, 15) is 13.2 Å². The van der Waals surface area contributed by atoms with Crippen molar-refractivity contribution >= 4 is 21.7 Å². The fourth-order valence-corrected chi connectivity index (χ4v) is 3.69. The molecule has 3 aromatic rings. The second kappa shape index (κ2) is 8.29. The van der Waals surface area contributed by atoms with Gasteiger partial charge in [-0.25, -0.2) is 23.0 Å². The van der Waals surface area contributed by atoms with Gasteiger partial charge in [0.1, 0.15) is 0 Å². The van der Waals surface area contributed by atoms with Crippen molar-refractivity contribution in [3.8, 4) is 5.69 Å². The number of carbonyl (C=O) groups is 1. The molecule has 0 aliphatic carbocycles. The number of para-hydroxylation sites is 2. The Morgan fingerprint density at radius 3 is 2.33 bits per heavy atom. The van der Waals surface area contributed by atoms with E-state index in [1.807, 2.05) is 51.1 Å². The highest BCUT2D eigenvalue weighted by molar-refractivity contribution is 7.89. The standard InChI is InChI=1S/C21H25N5O3S/c1-14-13-15(2)26(24-14)20-8-6-5-7-19(20)23-21(27)25(4)16(3)17-9-11-18(12-10-17)30(22,28)29/h5-13,16H,1-4H3,(H,23,27)(H2,22,28,29)/t16-/m0/s1. The average molecular weight is 428 g/mol. The minimum atomic E-state index is -3.76. The van der Waals surface area contributed by atoms with Gasteiger partial charge in [0.05, 0.1) is 28.0 Å². The van der Waals surface area contributed by atoms with Crippen LogP contribution in [0.15, 0.2) is 59.5 Å². The molecule has 30 heavy (non-hydrogen) atoms. The van der Waals surface area contributed by atoms with Crippen LogP contribution in [-0.2, 0) is 10.0 Å². The molecule has 158 valence electrons. The molecule has 3 rings (SSSR count). The molecule has 0 aliphatic rings. The zero-order valence-corrected chi connectivity index (χ0v) is 18.1. The number of benzene rings is 2. The molecule has 0 unspecified atom stereocenters. The predicted molar refractivity (Wildman–Crippen MR) is 116 cm³/mol. The molecule has 1 atom stereocenters. The lowest BCUT2D eigenvalue weighted by Gasteiger charge is -2.26. The number of nitrogens with two attached hydrogens (primary N) is 1. The molecule has 2 amide bonds. The van der Waals surface area contributed by atoms with Crippen LogP contribution in [0.1, 0.15) is 29.9 Å². The summed E-state index contributed by atoms with van der Waals surface area (Å²) < 4.78 is 24.7. The van der Waals surface area contributed by atoms with Gasteiger partial charge in [-0.1, -0.05) is 24.3 Å². The van der Waals surface area contributed by atoms with Crippen LogP contribution in [0.4, 0.5) is 10.5 Å². The monoisotopic (exact) mass is 427 g/mol. The molecular formula is C21H25N5O3S. The number of sulfonamides is 1. The number of hydrogen-bond donors (Lipinski definition) is 2. The third kappa shape index (κ3) is 4.52. The maximum atomic E-state index is 12.9. The van der Waals surface area contributed by atoms with Crippen molar-refractivity contribution in [2.45, 2.75) is 31.7 Å². The van der Waals surface area contributed by atoms with Gasteiger partial charge in [-0.15, -0.1) is 0 Å². The van der Waals surface area contributed by atoms with Crippen LogP contribution in [0.25, 0.3) is 5.69 Å². The molecule has 2 aromatic carbocycles. The Balaban J connectivity index is 1.80. The van der Waals surface area contributed by atoms with Gasteiger partial charge in [-0.05, 0) is 56.7 Å². The highest BCUT2D eigenvalue weighted by atomic mass is 32.2. The van der Waals surface area contributed by atoms with Crippen molar-refractivity contribution in [3.63, 3.8) is 0 Å². The first kappa shape index (κ1) is 21.5. The van der Waals surface area contributed by atoms with E-state index in [4.69, 9.17) is 5.14 Å². The molecule has 0 spiro atoms. The quantitative estimate of drug-likeness (QED) is 0.650. The van der Waals surface area contributed by atoms with Crippen molar-refractivity contribution in [2.24, 2.45) is 5.14 Å². The van der Waals surface area contributed by atoms with Crippen LogP contribution in [0, 0.1) is 13.8 Å². The van der Waals surface area contributed by atoms with Crippen molar-refractivity contribution in [1.29, 1.82) is 0 Å². The Morgan fingerprint density at radius 2 is 1.77 bits per heavy atom. The first-order valence-corrected chi connectivity index (χ1v) is 10.9. The van der Waals surface area contributed by atoms with E-state index in [1.165, 1.54) is 12.1 Å². The summed E-state index contributed by atoms with van der Waals surface area (Å²) in [5, 5.41) is 12.6.